The molecule has 4 heterocycles. The normalized spacial score (nSPS) is 17.5. The topological polar surface area (TPSA) is 107 Å². The van der Waals surface area contributed by atoms with Crippen molar-refractivity contribution in [1.29, 1.82) is 0 Å². The quantitative estimate of drug-likeness (QED) is 0.754. The van der Waals surface area contributed by atoms with Crippen LogP contribution < -0.4 is 0 Å². The number of aromatic amines is 1. The van der Waals surface area contributed by atoms with E-state index in [0.717, 1.165) is 15.5 Å². The molecular weight excluding hydrogens is 382 g/mol. The predicted molar refractivity (Wildman–Crippen MR) is 100 cm³/mol. The molecule has 146 valence electrons. The van der Waals surface area contributed by atoms with Crippen LogP contribution in [0.25, 0.3) is 10.6 Å². The van der Waals surface area contributed by atoms with Gasteiger partial charge in [-0.15, -0.1) is 11.3 Å². The Balaban J connectivity index is 1.32. The van der Waals surface area contributed by atoms with Crippen molar-refractivity contribution in [3.05, 3.63) is 29.3 Å². The Morgan fingerprint density at radius 1 is 1.07 bits per heavy atom. The molecule has 10 heteroatoms. The van der Waals surface area contributed by atoms with Crippen molar-refractivity contribution in [2.45, 2.75) is 12.8 Å². The number of hydrogen-bond acceptors (Lipinski definition) is 6. The number of imide groups is 1. The summed E-state index contributed by atoms with van der Waals surface area (Å²) in [7, 11) is 0. The number of piperazine rings is 1. The van der Waals surface area contributed by atoms with E-state index in [9.17, 15) is 19.2 Å². The Bertz CT molecular complexity index is 898. The lowest BCUT2D eigenvalue weighted by molar-refractivity contribution is -0.146. The third-order valence-electron chi connectivity index (χ3n) is 4.95. The Kier molecular flexibility index (Phi) is 4.95. The van der Waals surface area contributed by atoms with E-state index in [1.807, 2.05) is 17.5 Å². The van der Waals surface area contributed by atoms with Crippen molar-refractivity contribution in [3.8, 4) is 10.6 Å². The van der Waals surface area contributed by atoms with E-state index >= 15 is 0 Å². The maximum atomic E-state index is 12.7. The summed E-state index contributed by atoms with van der Waals surface area (Å²) in [6, 6.07) is 5.62. The van der Waals surface area contributed by atoms with Crippen LogP contribution in [0.4, 0.5) is 0 Å². The predicted octanol–water partition coefficient (Wildman–Crippen LogP) is 0.572. The second-order valence-electron chi connectivity index (χ2n) is 6.69. The van der Waals surface area contributed by atoms with E-state index in [1.165, 1.54) is 0 Å². The van der Waals surface area contributed by atoms with Gasteiger partial charge in [0.25, 0.3) is 5.91 Å². The minimum absolute atomic E-state index is 0.172. The number of rotatable bonds is 4. The van der Waals surface area contributed by atoms with Gasteiger partial charge in [0.2, 0.25) is 17.7 Å². The van der Waals surface area contributed by atoms with E-state index in [0.29, 0.717) is 31.9 Å². The fourth-order valence-electron chi connectivity index (χ4n) is 3.34. The maximum Gasteiger partial charge on any atom is 0.274 e. The number of nitrogens with zero attached hydrogens (tertiary/aromatic N) is 4. The number of nitrogens with one attached hydrogen (secondary N) is 1. The van der Waals surface area contributed by atoms with Gasteiger partial charge in [-0.3, -0.25) is 29.2 Å². The Labute approximate surface area is 164 Å². The summed E-state index contributed by atoms with van der Waals surface area (Å²) in [6.45, 7) is 1.28. The van der Waals surface area contributed by atoms with Crippen LogP contribution in [0.5, 0.6) is 0 Å². The molecule has 4 rings (SSSR count). The second-order valence-corrected chi connectivity index (χ2v) is 7.64. The molecular formula is C18H19N5O4S. The molecule has 2 aliphatic heterocycles. The molecule has 2 saturated heterocycles. The SMILES string of the molecule is O=C(CN1C(=O)CCC1=O)N1CCN(C(=O)c2cc(-c3cccs3)[nH]n2)CC1. The summed E-state index contributed by atoms with van der Waals surface area (Å²) in [6.07, 6.45) is 0.344. The molecule has 0 radical (unpaired) electrons. The van der Waals surface area contributed by atoms with E-state index in [2.05, 4.69) is 10.2 Å². The summed E-state index contributed by atoms with van der Waals surface area (Å²) in [5.41, 5.74) is 1.14. The van der Waals surface area contributed by atoms with Gasteiger partial charge in [-0.05, 0) is 17.5 Å². The highest BCUT2D eigenvalue weighted by Crippen LogP contribution is 2.23. The van der Waals surface area contributed by atoms with Crippen molar-refractivity contribution in [2.24, 2.45) is 0 Å². The van der Waals surface area contributed by atoms with Gasteiger partial charge in [-0.2, -0.15) is 5.10 Å². The number of carbonyl (C=O) groups excluding carboxylic acids is 4. The molecule has 1 N–H and O–H groups in total. The van der Waals surface area contributed by atoms with Gasteiger partial charge in [-0.25, -0.2) is 0 Å². The average molecular weight is 401 g/mol. The Hall–Kier alpha value is -3.01. The monoisotopic (exact) mass is 401 g/mol. The van der Waals surface area contributed by atoms with Crippen molar-refractivity contribution < 1.29 is 19.2 Å². The van der Waals surface area contributed by atoms with Crippen molar-refractivity contribution in [3.63, 3.8) is 0 Å². The molecule has 0 spiro atoms. The highest BCUT2D eigenvalue weighted by molar-refractivity contribution is 7.13. The van der Waals surface area contributed by atoms with E-state index < -0.39 is 0 Å². The number of hydrogen-bond donors (Lipinski definition) is 1. The number of aromatic nitrogens is 2. The van der Waals surface area contributed by atoms with E-state index in [4.69, 9.17) is 0 Å². The van der Waals surface area contributed by atoms with Gasteiger partial charge < -0.3 is 9.80 Å². The lowest BCUT2D eigenvalue weighted by Gasteiger charge is -2.35. The fraction of sp³-hybridized carbons (Fsp3) is 0.389. The van der Waals surface area contributed by atoms with Crippen LogP contribution in [0.15, 0.2) is 23.6 Å². The molecule has 9 nitrogen and oxygen atoms in total. The molecule has 2 aliphatic rings. The van der Waals surface area contributed by atoms with Crippen LogP contribution in [0.3, 0.4) is 0 Å². The minimum atomic E-state index is -0.299. The van der Waals surface area contributed by atoms with Gasteiger partial charge >= 0.3 is 0 Å². The van der Waals surface area contributed by atoms with Crippen LogP contribution in [0.1, 0.15) is 23.3 Å². The van der Waals surface area contributed by atoms with Gasteiger partial charge in [-0.1, -0.05) is 6.07 Å². The zero-order valence-corrected chi connectivity index (χ0v) is 15.9. The maximum absolute atomic E-state index is 12.7. The molecule has 4 amide bonds. The van der Waals surface area contributed by atoms with Gasteiger partial charge in [0, 0.05) is 39.0 Å². The molecule has 0 saturated carbocycles. The molecule has 0 bridgehead atoms. The third kappa shape index (κ3) is 3.55. The lowest BCUT2D eigenvalue weighted by Crippen LogP contribution is -2.53. The number of thiophene rings is 1. The summed E-state index contributed by atoms with van der Waals surface area (Å²) < 4.78 is 0. The first kappa shape index (κ1) is 18.4. The van der Waals surface area contributed by atoms with Crippen molar-refractivity contribution in [2.75, 3.05) is 32.7 Å². The van der Waals surface area contributed by atoms with Crippen molar-refractivity contribution >= 4 is 35.0 Å². The molecule has 2 aromatic rings. The number of amides is 4. The average Bonchev–Trinajstić information content (AvgIpc) is 3.45. The third-order valence-corrected chi connectivity index (χ3v) is 5.85. The second kappa shape index (κ2) is 7.55. The highest BCUT2D eigenvalue weighted by atomic mass is 32.1. The molecule has 0 atom stereocenters. The highest BCUT2D eigenvalue weighted by Gasteiger charge is 2.33. The van der Waals surface area contributed by atoms with E-state index in [-0.39, 0.29) is 43.0 Å². The minimum Gasteiger partial charge on any atom is -0.338 e. The molecule has 28 heavy (non-hydrogen) atoms. The zero-order chi connectivity index (χ0) is 19.7. The molecule has 2 fully saturated rings. The van der Waals surface area contributed by atoms with Crippen LogP contribution >= 0.6 is 11.3 Å². The summed E-state index contributed by atoms with van der Waals surface area (Å²) >= 11 is 1.56. The van der Waals surface area contributed by atoms with Crippen LogP contribution in [0, 0.1) is 0 Å². The van der Waals surface area contributed by atoms with Gasteiger partial charge in [0.1, 0.15) is 6.54 Å². The molecule has 0 aromatic carbocycles. The summed E-state index contributed by atoms with van der Waals surface area (Å²) in [5, 5.41) is 8.95. The first-order valence-electron chi connectivity index (χ1n) is 9.02. The first-order valence-corrected chi connectivity index (χ1v) is 9.90. The number of likely N-dealkylation sites (tertiary alicyclic amines) is 1. The standard InChI is InChI=1S/C18H19N5O4S/c24-15-3-4-16(25)23(15)11-17(26)21-5-7-22(8-6-21)18(27)13-10-12(19-20-13)14-2-1-9-28-14/h1-2,9-10H,3-8,11H2,(H,19,20). The van der Waals surface area contributed by atoms with Crippen LogP contribution in [-0.2, 0) is 14.4 Å². The smallest absolute Gasteiger partial charge is 0.274 e. The fourth-order valence-corrected chi connectivity index (χ4v) is 4.04. The number of H-pyrrole nitrogens is 1. The largest absolute Gasteiger partial charge is 0.338 e. The zero-order valence-electron chi connectivity index (χ0n) is 15.1. The lowest BCUT2D eigenvalue weighted by atomic mass is 10.2. The van der Waals surface area contributed by atoms with Gasteiger partial charge in [0.15, 0.2) is 5.69 Å². The van der Waals surface area contributed by atoms with Gasteiger partial charge in [0.05, 0.1) is 10.6 Å². The molecule has 0 aliphatic carbocycles. The summed E-state index contributed by atoms with van der Waals surface area (Å²) in [5.74, 6) is -1.05. The Morgan fingerprint density at radius 3 is 2.39 bits per heavy atom. The van der Waals surface area contributed by atoms with Crippen LogP contribution in [-0.4, -0.2) is 81.2 Å². The van der Waals surface area contributed by atoms with Crippen LogP contribution in [0.2, 0.25) is 0 Å². The Morgan fingerprint density at radius 2 is 1.75 bits per heavy atom. The molecule has 0 unspecified atom stereocenters. The molecule has 2 aromatic heterocycles. The number of carbonyl (C=O) groups is 4. The summed E-state index contributed by atoms with van der Waals surface area (Å²) in [4.78, 5) is 53.7. The first-order chi connectivity index (χ1) is 13.5. The van der Waals surface area contributed by atoms with E-state index in [1.54, 1.807) is 27.2 Å². The van der Waals surface area contributed by atoms with Crippen molar-refractivity contribution in [1.82, 2.24) is 24.9 Å².